The summed E-state index contributed by atoms with van der Waals surface area (Å²) in [4.78, 5) is 2.09. The molecular formula is C12H18N2O. The first-order chi connectivity index (χ1) is 7.20. The molecule has 1 saturated heterocycles. The summed E-state index contributed by atoms with van der Waals surface area (Å²) < 4.78 is 0. The first-order valence-electron chi connectivity index (χ1n) is 5.38. The first kappa shape index (κ1) is 10.5. The predicted octanol–water partition coefficient (Wildman–Crippen LogP) is 1.15. The third-order valence-electron chi connectivity index (χ3n) is 2.94. The van der Waals surface area contributed by atoms with Crippen molar-refractivity contribution >= 4 is 5.69 Å². The van der Waals surface area contributed by atoms with Crippen LogP contribution in [0.1, 0.15) is 18.0 Å². The van der Waals surface area contributed by atoms with Gasteiger partial charge in [0.1, 0.15) is 0 Å². The van der Waals surface area contributed by atoms with Crippen LogP contribution >= 0.6 is 0 Å². The highest BCUT2D eigenvalue weighted by Crippen LogP contribution is 2.30. The molecule has 0 amide bonds. The second kappa shape index (κ2) is 4.21. The Balaban J connectivity index is 2.34. The lowest BCUT2D eigenvalue weighted by atomic mass is 10.0. The molecule has 1 aliphatic heterocycles. The maximum absolute atomic E-state index is 9.87. The summed E-state index contributed by atoms with van der Waals surface area (Å²) >= 11 is 0. The van der Waals surface area contributed by atoms with Crippen LogP contribution in [0, 0.1) is 0 Å². The summed E-state index contributed by atoms with van der Waals surface area (Å²) in [6, 6.07) is 8.31. The van der Waals surface area contributed by atoms with Crippen LogP contribution in [0.3, 0.4) is 0 Å². The molecule has 1 aliphatic rings. The van der Waals surface area contributed by atoms with Gasteiger partial charge in [-0.1, -0.05) is 18.2 Å². The highest BCUT2D eigenvalue weighted by molar-refractivity contribution is 5.54. The van der Waals surface area contributed by atoms with Gasteiger partial charge in [-0.15, -0.1) is 0 Å². The minimum absolute atomic E-state index is 0.0867. The van der Waals surface area contributed by atoms with Gasteiger partial charge in [-0.05, 0) is 24.6 Å². The molecule has 2 unspecified atom stereocenters. The van der Waals surface area contributed by atoms with Crippen molar-refractivity contribution in [3.05, 3.63) is 29.8 Å². The van der Waals surface area contributed by atoms with Crippen molar-refractivity contribution < 1.29 is 5.11 Å². The van der Waals surface area contributed by atoms with Crippen LogP contribution in [-0.2, 0) is 0 Å². The minimum atomic E-state index is -0.258. The van der Waals surface area contributed by atoms with Gasteiger partial charge in [0.2, 0.25) is 0 Å². The fraction of sp³-hybridized carbons (Fsp3) is 0.500. The van der Waals surface area contributed by atoms with E-state index in [1.165, 1.54) is 11.3 Å². The van der Waals surface area contributed by atoms with E-state index in [0.717, 1.165) is 13.0 Å². The normalized spacial score (nSPS) is 25.5. The van der Waals surface area contributed by atoms with Gasteiger partial charge < -0.3 is 15.3 Å². The number of anilines is 1. The van der Waals surface area contributed by atoms with Crippen molar-refractivity contribution in [1.29, 1.82) is 0 Å². The molecule has 2 rings (SSSR count). The van der Waals surface area contributed by atoms with Crippen LogP contribution in [0.2, 0.25) is 0 Å². The van der Waals surface area contributed by atoms with Crippen molar-refractivity contribution in [2.75, 3.05) is 25.5 Å². The van der Waals surface area contributed by atoms with Gasteiger partial charge in [0.15, 0.2) is 0 Å². The molecule has 0 aliphatic carbocycles. The lowest BCUT2D eigenvalue weighted by molar-refractivity contribution is 0.160. The molecule has 3 nitrogen and oxygen atoms in total. The zero-order valence-corrected chi connectivity index (χ0v) is 9.27. The molecule has 82 valence electrons. The zero-order valence-electron chi connectivity index (χ0n) is 9.27. The Morgan fingerprint density at radius 1 is 1.33 bits per heavy atom. The Morgan fingerprint density at radius 2 is 2.07 bits per heavy atom. The molecule has 0 radical (unpaired) electrons. The molecule has 1 heterocycles. The van der Waals surface area contributed by atoms with E-state index in [4.69, 9.17) is 0 Å². The van der Waals surface area contributed by atoms with Gasteiger partial charge in [0, 0.05) is 19.8 Å². The highest BCUT2D eigenvalue weighted by atomic mass is 16.3. The van der Waals surface area contributed by atoms with Gasteiger partial charge in [-0.2, -0.15) is 0 Å². The van der Waals surface area contributed by atoms with Gasteiger partial charge in [-0.3, -0.25) is 0 Å². The van der Waals surface area contributed by atoms with Crippen LogP contribution in [0.15, 0.2) is 24.3 Å². The van der Waals surface area contributed by atoms with Gasteiger partial charge in [0.05, 0.1) is 12.1 Å². The highest BCUT2D eigenvalue weighted by Gasteiger charge is 2.27. The summed E-state index contributed by atoms with van der Waals surface area (Å²) in [5, 5.41) is 13.2. The van der Waals surface area contributed by atoms with Gasteiger partial charge >= 0.3 is 0 Å². The SMILES string of the molecule is CN(C)c1ccccc1C1NCCC1O. The zero-order chi connectivity index (χ0) is 10.8. The van der Waals surface area contributed by atoms with Crippen LogP contribution in [0.5, 0.6) is 0 Å². The van der Waals surface area contributed by atoms with Crippen LogP contribution in [0.4, 0.5) is 5.69 Å². The third-order valence-corrected chi connectivity index (χ3v) is 2.94. The molecule has 1 fully saturated rings. The average molecular weight is 206 g/mol. The predicted molar refractivity (Wildman–Crippen MR) is 62.1 cm³/mol. The van der Waals surface area contributed by atoms with E-state index in [-0.39, 0.29) is 12.1 Å². The van der Waals surface area contributed by atoms with Crippen LogP contribution in [-0.4, -0.2) is 31.9 Å². The Kier molecular flexibility index (Phi) is 2.93. The third kappa shape index (κ3) is 1.98. The van der Waals surface area contributed by atoms with Crippen molar-refractivity contribution in [2.45, 2.75) is 18.6 Å². The maximum atomic E-state index is 9.87. The number of nitrogens with zero attached hydrogens (tertiary/aromatic N) is 1. The second-order valence-electron chi connectivity index (χ2n) is 4.24. The van der Waals surface area contributed by atoms with Crippen molar-refractivity contribution in [1.82, 2.24) is 5.32 Å². The molecule has 0 aromatic heterocycles. The van der Waals surface area contributed by atoms with E-state index in [9.17, 15) is 5.11 Å². The summed E-state index contributed by atoms with van der Waals surface area (Å²) in [5.41, 5.74) is 2.36. The van der Waals surface area contributed by atoms with Crippen molar-refractivity contribution in [2.24, 2.45) is 0 Å². The quantitative estimate of drug-likeness (QED) is 0.762. The van der Waals surface area contributed by atoms with E-state index >= 15 is 0 Å². The standard InChI is InChI=1S/C12H18N2O/c1-14(2)10-6-4-3-5-9(10)12-11(15)7-8-13-12/h3-6,11-13,15H,7-8H2,1-2H3. The summed E-state index contributed by atoms with van der Waals surface area (Å²) in [6.07, 6.45) is 0.581. The molecule has 15 heavy (non-hydrogen) atoms. The number of para-hydroxylation sites is 1. The molecule has 1 aromatic rings. The Labute approximate surface area is 90.7 Å². The average Bonchev–Trinajstić information content (AvgIpc) is 2.64. The monoisotopic (exact) mass is 206 g/mol. The number of nitrogens with one attached hydrogen (secondary N) is 1. The van der Waals surface area contributed by atoms with Crippen molar-refractivity contribution in [3.63, 3.8) is 0 Å². The Hall–Kier alpha value is -1.06. The largest absolute Gasteiger partial charge is 0.391 e. The summed E-state index contributed by atoms with van der Waals surface area (Å²) in [6.45, 7) is 0.896. The van der Waals surface area contributed by atoms with E-state index in [2.05, 4.69) is 22.3 Å². The molecular weight excluding hydrogens is 188 g/mol. The van der Waals surface area contributed by atoms with Crippen molar-refractivity contribution in [3.8, 4) is 0 Å². The second-order valence-corrected chi connectivity index (χ2v) is 4.24. The first-order valence-corrected chi connectivity index (χ1v) is 5.38. The minimum Gasteiger partial charge on any atom is -0.391 e. The fourth-order valence-electron chi connectivity index (χ4n) is 2.16. The van der Waals surface area contributed by atoms with Crippen LogP contribution < -0.4 is 10.2 Å². The Bertz CT molecular complexity index is 338. The lowest BCUT2D eigenvalue weighted by Crippen LogP contribution is -2.23. The molecule has 3 heteroatoms. The van der Waals surface area contributed by atoms with Gasteiger partial charge in [0.25, 0.3) is 0 Å². The number of hydrogen-bond acceptors (Lipinski definition) is 3. The maximum Gasteiger partial charge on any atom is 0.0747 e. The molecule has 0 saturated carbocycles. The Morgan fingerprint density at radius 3 is 2.67 bits per heavy atom. The fourth-order valence-corrected chi connectivity index (χ4v) is 2.16. The summed E-state index contributed by atoms with van der Waals surface area (Å²) in [7, 11) is 4.06. The molecule has 0 spiro atoms. The number of aliphatic hydroxyl groups is 1. The van der Waals surface area contributed by atoms with E-state index in [1.54, 1.807) is 0 Å². The van der Waals surface area contributed by atoms with E-state index in [1.807, 2.05) is 26.2 Å². The number of rotatable bonds is 2. The topological polar surface area (TPSA) is 35.5 Å². The summed E-state index contributed by atoms with van der Waals surface area (Å²) in [5.74, 6) is 0. The van der Waals surface area contributed by atoms with Gasteiger partial charge in [-0.25, -0.2) is 0 Å². The van der Waals surface area contributed by atoms with E-state index < -0.39 is 0 Å². The number of benzene rings is 1. The lowest BCUT2D eigenvalue weighted by Gasteiger charge is -2.23. The van der Waals surface area contributed by atoms with Crippen LogP contribution in [0.25, 0.3) is 0 Å². The van der Waals surface area contributed by atoms with E-state index in [0.29, 0.717) is 0 Å². The molecule has 2 atom stereocenters. The smallest absolute Gasteiger partial charge is 0.0747 e. The number of hydrogen-bond donors (Lipinski definition) is 2. The molecule has 0 bridgehead atoms. The molecule has 2 N–H and O–H groups in total. The molecule has 1 aromatic carbocycles. The number of aliphatic hydroxyl groups excluding tert-OH is 1.